The minimum atomic E-state index is -0.637. The van der Waals surface area contributed by atoms with E-state index in [2.05, 4.69) is 10.3 Å². The quantitative estimate of drug-likeness (QED) is 0.877. The Hall–Kier alpha value is -2.27. The number of aliphatic hydroxyl groups is 1. The third-order valence-electron chi connectivity index (χ3n) is 2.85. The molecule has 5 heteroatoms. The summed E-state index contributed by atoms with van der Waals surface area (Å²) >= 11 is 0. The van der Waals surface area contributed by atoms with Crippen LogP contribution < -0.4 is 5.32 Å². The molecule has 0 bridgehead atoms. The molecule has 2 aromatic rings. The molecule has 20 heavy (non-hydrogen) atoms. The van der Waals surface area contributed by atoms with Crippen molar-refractivity contribution in [3.05, 3.63) is 65.7 Å². The van der Waals surface area contributed by atoms with Gasteiger partial charge in [-0.05, 0) is 18.1 Å². The van der Waals surface area contributed by atoms with Crippen LogP contribution in [0.1, 0.15) is 28.4 Å². The van der Waals surface area contributed by atoms with Crippen molar-refractivity contribution in [3.8, 4) is 0 Å². The van der Waals surface area contributed by atoms with Crippen LogP contribution in [0.4, 0.5) is 4.39 Å². The first kappa shape index (κ1) is 14.1. The van der Waals surface area contributed by atoms with Gasteiger partial charge in [-0.1, -0.05) is 30.3 Å². The van der Waals surface area contributed by atoms with Crippen LogP contribution in [-0.2, 0) is 0 Å². The summed E-state index contributed by atoms with van der Waals surface area (Å²) in [6, 6.07) is 10.3. The Morgan fingerprint density at radius 3 is 2.75 bits per heavy atom. The van der Waals surface area contributed by atoms with E-state index in [9.17, 15) is 14.3 Å². The van der Waals surface area contributed by atoms with Gasteiger partial charge < -0.3 is 10.4 Å². The smallest absolute Gasteiger partial charge is 0.252 e. The van der Waals surface area contributed by atoms with Gasteiger partial charge in [-0.2, -0.15) is 0 Å². The normalized spacial score (nSPS) is 11.9. The first-order valence-corrected chi connectivity index (χ1v) is 6.28. The molecule has 2 N–H and O–H groups in total. The van der Waals surface area contributed by atoms with Crippen molar-refractivity contribution < 1.29 is 14.3 Å². The van der Waals surface area contributed by atoms with Gasteiger partial charge in [-0.15, -0.1) is 0 Å². The van der Waals surface area contributed by atoms with E-state index in [0.29, 0.717) is 13.0 Å². The molecule has 0 fully saturated rings. The molecule has 0 aliphatic rings. The maximum Gasteiger partial charge on any atom is 0.252 e. The molecule has 1 heterocycles. The van der Waals surface area contributed by atoms with Crippen LogP contribution in [0.25, 0.3) is 0 Å². The van der Waals surface area contributed by atoms with Crippen molar-refractivity contribution in [1.29, 1.82) is 0 Å². The molecule has 0 saturated heterocycles. The van der Waals surface area contributed by atoms with E-state index in [1.54, 1.807) is 0 Å². The van der Waals surface area contributed by atoms with E-state index < -0.39 is 17.8 Å². The fourth-order valence-electron chi connectivity index (χ4n) is 1.80. The molecule has 4 nitrogen and oxygen atoms in total. The van der Waals surface area contributed by atoms with E-state index in [4.69, 9.17) is 0 Å². The Balaban J connectivity index is 1.83. The Bertz CT molecular complexity index is 575. The number of halogens is 1. The molecule has 0 aliphatic heterocycles. The van der Waals surface area contributed by atoms with Gasteiger partial charge in [0, 0.05) is 12.7 Å². The first-order chi connectivity index (χ1) is 9.66. The molecule has 0 aliphatic carbocycles. The number of hydrogen-bond acceptors (Lipinski definition) is 3. The summed E-state index contributed by atoms with van der Waals surface area (Å²) in [6.07, 6.45) is 2.09. The van der Waals surface area contributed by atoms with Crippen molar-refractivity contribution in [2.75, 3.05) is 6.54 Å². The fourth-order valence-corrected chi connectivity index (χ4v) is 1.80. The van der Waals surface area contributed by atoms with Crippen molar-refractivity contribution in [2.24, 2.45) is 0 Å². The lowest BCUT2D eigenvalue weighted by atomic mass is 10.1. The molecular weight excluding hydrogens is 259 g/mol. The highest BCUT2D eigenvalue weighted by molar-refractivity contribution is 5.93. The van der Waals surface area contributed by atoms with Gasteiger partial charge in [-0.3, -0.25) is 9.78 Å². The van der Waals surface area contributed by atoms with Gasteiger partial charge in [0.05, 0.1) is 17.9 Å². The molecule has 104 valence electrons. The Labute approximate surface area is 116 Å². The number of nitrogens with zero attached hydrogens (tertiary/aromatic N) is 1. The minimum absolute atomic E-state index is 0.166. The lowest BCUT2D eigenvalue weighted by Crippen LogP contribution is -2.25. The van der Waals surface area contributed by atoms with Crippen molar-refractivity contribution >= 4 is 5.91 Å². The zero-order chi connectivity index (χ0) is 14.4. The molecule has 0 spiro atoms. The standard InChI is InChI=1S/C15H15FN2O2/c16-13-8-12(9-17-10-13)15(20)18-7-6-14(19)11-4-2-1-3-5-11/h1-5,8-10,14,19H,6-7H2,(H,18,20). The molecule has 1 atom stereocenters. The third-order valence-corrected chi connectivity index (χ3v) is 2.85. The predicted molar refractivity (Wildman–Crippen MR) is 72.5 cm³/mol. The van der Waals surface area contributed by atoms with E-state index >= 15 is 0 Å². The van der Waals surface area contributed by atoms with E-state index in [-0.39, 0.29) is 5.56 Å². The number of aliphatic hydroxyl groups excluding tert-OH is 1. The third kappa shape index (κ3) is 3.86. The molecule has 0 saturated carbocycles. The molecule has 1 unspecified atom stereocenters. The molecule has 1 amide bonds. The van der Waals surface area contributed by atoms with Crippen LogP contribution in [0.3, 0.4) is 0 Å². The minimum Gasteiger partial charge on any atom is -0.388 e. The highest BCUT2D eigenvalue weighted by atomic mass is 19.1. The van der Waals surface area contributed by atoms with E-state index in [0.717, 1.165) is 17.8 Å². The molecule has 0 radical (unpaired) electrons. The highest BCUT2D eigenvalue weighted by Crippen LogP contribution is 2.14. The topological polar surface area (TPSA) is 62.2 Å². The van der Waals surface area contributed by atoms with Crippen LogP contribution in [0, 0.1) is 5.82 Å². The number of rotatable bonds is 5. The van der Waals surface area contributed by atoms with Gasteiger partial charge >= 0.3 is 0 Å². The average Bonchev–Trinajstić information content (AvgIpc) is 2.48. The summed E-state index contributed by atoms with van der Waals surface area (Å²) in [5, 5.41) is 12.5. The van der Waals surface area contributed by atoms with Crippen LogP contribution in [0.2, 0.25) is 0 Å². The fraction of sp³-hybridized carbons (Fsp3) is 0.200. The van der Waals surface area contributed by atoms with Gasteiger partial charge in [0.1, 0.15) is 5.82 Å². The monoisotopic (exact) mass is 274 g/mol. The number of carbonyl (C=O) groups is 1. The summed E-state index contributed by atoms with van der Waals surface area (Å²) in [4.78, 5) is 15.3. The summed E-state index contributed by atoms with van der Waals surface area (Å²) in [7, 11) is 0. The SMILES string of the molecule is O=C(NCCC(O)c1ccccc1)c1cncc(F)c1. The summed E-state index contributed by atoms with van der Waals surface area (Å²) in [6.45, 7) is 0.297. The second-order valence-electron chi connectivity index (χ2n) is 4.36. The van der Waals surface area contributed by atoms with E-state index in [1.807, 2.05) is 30.3 Å². The lowest BCUT2D eigenvalue weighted by molar-refractivity contribution is 0.0942. The number of aromatic nitrogens is 1. The van der Waals surface area contributed by atoms with E-state index in [1.165, 1.54) is 6.20 Å². The zero-order valence-corrected chi connectivity index (χ0v) is 10.8. The summed E-state index contributed by atoms with van der Waals surface area (Å²) < 4.78 is 12.9. The van der Waals surface area contributed by atoms with Crippen molar-refractivity contribution in [3.63, 3.8) is 0 Å². The molecule has 1 aromatic heterocycles. The number of benzene rings is 1. The highest BCUT2D eigenvalue weighted by Gasteiger charge is 2.09. The predicted octanol–water partition coefficient (Wildman–Crippen LogP) is 2.07. The number of pyridine rings is 1. The largest absolute Gasteiger partial charge is 0.388 e. The number of carbonyl (C=O) groups excluding carboxylic acids is 1. The second kappa shape index (κ2) is 6.77. The van der Waals surface area contributed by atoms with Crippen LogP contribution >= 0.6 is 0 Å². The van der Waals surface area contributed by atoms with Gasteiger partial charge in [-0.25, -0.2) is 4.39 Å². The summed E-state index contributed by atoms with van der Waals surface area (Å²) in [5.74, 6) is -0.959. The second-order valence-corrected chi connectivity index (χ2v) is 4.36. The Kier molecular flexibility index (Phi) is 4.79. The van der Waals surface area contributed by atoms with Gasteiger partial charge in [0.25, 0.3) is 5.91 Å². The maximum absolute atomic E-state index is 12.9. The number of nitrogens with one attached hydrogen (secondary N) is 1. The van der Waals surface area contributed by atoms with Crippen molar-refractivity contribution in [2.45, 2.75) is 12.5 Å². The average molecular weight is 274 g/mol. The summed E-state index contributed by atoms with van der Waals surface area (Å²) in [5.41, 5.74) is 0.966. The van der Waals surface area contributed by atoms with Crippen molar-refractivity contribution in [1.82, 2.24) is 10.3 Å². The molecule has 2 rings (SSSR count). The molecule has 1 aromatic carbocycles. The van der Waals surface area contributed by atoms with Gasteiger partial charge in [0.2, 0.25) is 0 Å². The molecular formula is C15H15FN2O2. The van der Waals surface area contributed by atoms with Crippen LogP contribution in [-0.4, -0.2) is 22.5 Å². The van der Waals surface area contributed by atoms with Crippen LogP contribution in [0.5, 0.6) is 0 Å². The van der Waals surface area contributed by atoms with Gasteiger partial charge in [0.15, 0.2) is 0 Å². The Morgan fingerprint density at radius 2 is 2.05 bits per heavy atom. The maximum atomic E-state index is 12.9. The van der Waals surface area contributed by atoms with Crippen LogP contribution in [0.15, 0.2) is 48.8 Å². The lowest BCUT2D eigenvalue weighted by Gasteiger charge is -2.11. The Morgan fingerprint density at radius 1 is 1.30 bits per heavy atom. The first-order valence-electron chi connectivity index (χ1n) is 6.28. The number of hydrogen-bond donors (Lipinski definition) is 2. The zero-order valence-electron chi connectivity index (χ0n) is 10.8. The number of amides is 1.